The molecule has 1 aromatic heterocycles. The number of nitrogens with one attached hydrogen (secondary N) is 2. The Morgan fingerprint density at radius 1 is 1.02 bits per heavy atom. The summed E-state index contributed by atoms with van der Waals surface area (Å²) >= 11 is 0.765. The molecule has 2 aliphatic rings. The number of anilines is 1. The number of carbonyl (C=O) groups excluding carboxylic acids is 2. The van der Waals surface area contributed by atoms with E-state index < -0.39 is 15.8 Å². The van der Waals surface area contributed by atoms with Gasteiger partial charge in [0.2, 0.25) is 0 Å². The fourth-order valence-electron chi connectivity index (χ4n) is 5.26. The predicted octanol–water partition coefficient (Wildman–Crippen LogP) is 4.65. The van der Waals surface area contributed by atoms with E-state index in [2.05, 4.69) is 56.6 Å². The first-order valence-electron chi connectivity index (χ1n) is 13.8. The third-order valence-electron chi connectivity index (χ3n) is 7.44. The first-order chi connectivity index (χ1) is 20.0. The van der Waals surface area contributed by atoms with E-state index in [0.717, 1.165) is 59.6 Å². The maximum atomic E-state index is 13.5. The van der Waals surface area contributed by atoms with Gasteiger partial charge in [-0.2, -0.15) is 0 Å². The average Bonchev–Trinajstić information content (AvgIpc) is 3.64. The molecule has 0 saturated carbocycles. The van der Waals surface area contributed by atoms with Gasteiger partial charge in [0, 0.05) is 0 Å². The fraction of sp³-hybridized carbons (Fsp3) is 0.212. The molecule has 6 rings (SSSR count). The Morgan fingerprint density at radius 2 is 1.85 bits per heavy atom. The van der Waals surface area contributed by atoms with Crippen LogP contribution in [0.25, 0.3) is 9.93 Å². The zero-order valence-electron chi connectivity index (χ0n) is 22.9. The van der Waals surface area contributed by atoms with Crippen LogP contribution in [0.3, 0.4) is 0 Å². The van der Waals surface area contributed by atoms with Crippen LogP contribution in [0.4, 0.5) is 5.69 Å². The molecule has 0 spiro atoms. The van der Waals surface area contributed by atoms with E-state index in [0.29, 0.717) is 11.1 Å². The molecule has 6 nitrogen and oxygen atoms in total. The van der Waals surface area contributed by atoms with Crippen molar-refractivity contribution in [3.63, 3.8) is 0 Å². The number of hydrogen-bond donors (Lipinski definition) is 2. The summed E-state index contributed by atoms with van der Waals surface area (Å²) in [6.45, 7) is 6.33. The molecule has 3 heterocycles. The molecular formula is C33H32AsN3O3S. The second kappa shape index (κ2) is 12.6. The number of ether oxygens (including phenoxy) is 1. The molecular weight excluding hydrogens is 593 g/mol. The van der Waals surface area contributed by atoms with Crippen LogP contribution < -0.4 is 15.0 Å². The molecule has 208 valence electrons. The van der Waals surface area contributed by atoms with E-state index in [1.165, 1.54) is 9.91 Å². The normalized spacial score (nSPS) is 17.3. The second-order valence-corrected chi connectivity index (χ2v) is 13.9. The average molecular weight is 626 g/mol. The fourth-order valence-corrected chi connectivity index (χ4v) is 9.06. The zero-order chi connectivity index (χ0) is 28.2. The quantitative estimate of drug-likeness (QED) is 0.221. The number of fused-ring (bicyclic) bond motifs is 1. The number of rotatable bonds is 8. The summed E-state index contributed by atoms with van der Waals surface area (Å²) < 4.78 is 7.87. The van der Waals surface area contributed by atoms with Crippen LogP contribution in [0, 0.1) is 0 Å². The van der Waals surface area contributed by atoms with Crippen molar-refractivity contribution in [2.45, 2.75) is 19.5 Å². The molecule has 41 heavy (non-hydrogen) atoms. The van der Waals surface area contributed by atoms with E-state index in [1.807, 2.05) is 49.4 Å². The molecule has 1 fully saturated rings. The number of morpholine rings is 1. The van der Waals surface area contributed by atoms with Crippen molar-refractivity contribution in [1.82, 2.24) is 10.2 Å². The number of hydrogen-bond acceptors (Lipinski definition) is 5. The summed E-state index contributed by atoms with van der Waals surface area (Å²) in [6, 6.07) is 26.1. The van der Waals surface area contributed by atoms with Crippen molar-refractivity contribution in [3.05, 3.63) is 117 Å². The first-order valence-corrected chi connectivity index (χ1v) is 16.8. The molecule has 3 aromatic carbocycles. The summed E-state index contributed by atoms with van der Waals surface area (Å²) in [5.41, 5.74) is 6.17. The molecule has 4 aromatic rings. The van der Waals surface area contributed by atoms with Crippen molar-refractivity contribution < 1.29 is 14.3 Å². The van der Waals surface area contributed by atoms with Crippen molar-refractivity contribution in [3.8, 4) is 0 Å². The van der Waals surface area contributed by atoms with Crippen LogP contribution >= 0.6 is 11.3 Å². The standard InChI is InChI=1S/C33H32AsN3O3S/c1-22(24-7-3-2-4-8-24)35-32(38)25-10-11-29-28(19-25)30(33(39)36-29)31(26-12-17-41-21-26)34-27-9-5-6-23(18-27)20-37-13-15-40-16-14-37/h2-12,17-19,21-22,34H,13-16,20H2,1H3,(H,35,38)(H,36,39)/t22-/m1/s1. The van der Waals surface area contributed by atoms with E-state index in [9.17, 15) is 9.59 Å². The maximum absolute atomic E-state index is 13.5. The van der Waals surface area contributed by atoms with Crippen LogP contribution in [0.5, 0.6) is 0 Å². The van der Waals surface area contributed by atoms with Crippen molar-refractivity contribution in [2.75, 3.05) is 31.6 Å². The minimum atomic E-state index is -0.865. The van der Waals surface area contributed by atoms with Gasteiger partial charge in [0.1, 0.15) is 0 Å². The monoisotopic (exact) mass is 625 g/mol. The summed E-state index contributed by atoms with van der Waals surface area (Å²) in [5, 5.41) is 10.3. The molecule has 2 amide bonds. The molecule has 2 atom stereocenters. The zero-order valence-corrected chi connectivity index (χ0v) is 25.8. The van der Waals surface area contributed by atoms with E-state index >= 15 is 0 Å². The van der Waals surface area contributed by atoms with Gasteiger partial charge in [-0.3, -0.25) is 0 Å². The van der Waals surface area contributed by atoms with Crippen LogP contribution in [-0.4, -0.2) is 58.8 Å². The Morgan fingerprint density at radius 3 is 2.63 bits per heavy atom. The summed E-state index contributed by atoms with van der Waals surface area (Å²) in [4.78, 5) is 29.2. The van der Waals surface area contributed by atoms with Gasteiger partial charge in [-0.05, 0) is 0 Å². The van der Waals surface area contributed by atoms with Gasteiger partial charge >= 0.3 is 252 Å². The Kier molecular flexibility index (Phi) is 8.49. The summed E-state index contributed by atoms with van der Waals surface area (Å²) in [6.07, 6.45) is 0. The van der Waals surface area contributed by atoms with Crippen molar-refractivity contribution in [2.24, 2.45) is 0 Å². The number of thiophene rings is 1. The Balaban J connectivity index is 1.31. The Bertz CT molecular complexity index is 1580. The summed E-state index contributed by atoms with van der Waals surface area (Å²) in [5.74, 6) is -0.267. The SMILES string of the molecule is C[C@@H](NC(=O)c1ccc2c(c1)C(=C([AsH]c1cccc(CN3CCOCC3)c1)c1ccsc1)C(=O)N2)c1ccccc1. The Hall–Kier alpha value is -3.48. The van der Waals surface area contributed by atoms with E-state index in [1.54, 1.807) is 17.4 Å². The topological polar surface area (TPSA) is 70.7 Å². The third kappa shape index (κ3) is 6.39. The predicted molar refractivity (Wildman–Crippen MR) is 168 cm³/mol. The van der Waals surface area contributed by atoms with Crippen LogP contribution in [0.15, 0.2) is 89.6 Å². The number of nitrogens with zero attached hydrogens (tertiary/aromatic N) is 1. The van der Waals surface area contributed by atoms with Gasteiger partial charge in [-0.1, -0.05) is 0 Å². The van der Waals surface area contributed by atoms with Gasteiger partial charge in [0.05, 0.1) is 0 Å². The van der Waals surface area contributed by atoms with Gasteiger partial charge in [0.25, 0.3) is 0 Å². The van der Waals surface area contributed by atoms with E-state index in [4.69, 9.17) is 4.74 Å². The second-order valence-electron chi connectivity index (χ2n) is 10.3. The van der Waals surface area contributed by atoms with Gasteiger partial charge in [-0.15, -0.1) is 0 Å². The van der Waals surface area contributed by atoms with Gasteiger partial charge in [-0.25, -0.2) is 0 Å². The number of amides is 2. The van der Waals surface area contributed by atoms with Gasteiger partial charge in [0.15, 0.2) is 0 Å². The first kappa shape index (κ1) is 27.7. The van der Waals surface area contributed by atoms with Crippen LogP contribution in [0.1, 0.15) is 45.6 Å². The molecule has 0 bridgehead atoms. The van der Waals surface area contributed by atoms with Crippen LogP contribution in [0.2, 0.25) is 0 Å². The molecule has 2 N–H and O–H groups in total. The van der Waals surface area contributed by atoms with Gasteiger partial charge < -0.3 is 0 Å². The minimum absolute atomic E-state index is 0.107. The van der Waals surface area contributed by atoms with Crippen LogP contribution in [-0.2, 0) is 16.1 Å². The molecule has 0 radical (unpaired) electrons. The number of carbonyl (C=O) groups is 2. The molecule has 1 unspecified atom stereocenters. The molecule has 0 aliphatic carbocycles. The van der Waals surface area contributed by atoms with E-state index in [-0.39, 0.29) is 17.9 Å². The summed E-state index contributed by atoms with van der Waals surface area (Å²) in [7, 11) is 0. The van der Waals surface area contributed by atoms with Crippen molar-refractivity contribution >= 4 is 58.9 Å². The number of benzene rings is 3. The molecule has 8 heteroatoms. The molecule has 2 aliphatic heterocycles. The Labute approximate surface area is 251 Å². The third-order valence-corrected chi connectivity index (χ3v) is 11.0. The molecule has 1 saturated heterocycles. The van der Waals surface area contributed by atoms with Crippen molar-refractivity contribution in [1.29, 1.82) is 0 Å².